The number of hydrogen-bond donors (Lipinski definition) is 2. The average molecular weight is 290 g/mol. The lowest BCUT2D eigenvalue weighted by Gasteiger charge is -2.11. The molecule has 0 saturated heterocycles. The van der Waals surface area contributed by atoms with Crippen LogP contribution in [0.15, 0.2) is 36.5 Å². The number of nitrogens with one attached hydrogen (secondary N) is 2. The topological polar surface area (TPSA) is 54.0 Å². The molecule has 2 N–H and O–H groups in total. The molecular weight excluding hydrogens is 274 g/mol. The lowest BCUT2D eigenvalue weighted by molar-refractivity contribution is 0.102. The predicted molar refractivity (Wildman–Crippen MR) is 82.5 cm³/mol. The highest BCUT2D eigenvalue weighted by atomic mass is 35.5. The number of aromatic nitrogens is 1. The van der Waals surface area contributed by atoms with Gasteiger partial charge in [-0.25, -0.2) is 0 Å². The third-order valence-electron chi connectivity index (χ3n) is 2.74. The van der Waals surface area contributed by atoms with Crippen LogP contribution >= 0.6 is 11.6 Å². The minimum Gasteiger partial charge on any atom is -0.385 e. The molecule has 0 bridgehead atoms. The van der Waals surface area contributed by atoms with Gasteiger partial charge >= 0.3 is 0 Å². The van der Waals surface area contributed by atoms with Gasteiger partial charge in [0, 0.05) is 29.1 Å². The number of benzene rings is 1. The summed E-state index contributed by atoms with van der Waals surface area (Å²) >= 11 is 5.90. The molecule has 4 nitrogen and oxygen atoms in total. The molecule has 0 aliphatic heterocycles. The molecule has 0 saturated carbocycles. The first-order valence-corrected chi connectivity index (χ1v) is 6.75. The number of nitrogens with zero attached hydrogens (tertiary/aromatic N) is 1. The molecule has 0 fully saturated rings. The van der Waals surface area contributed by atoms with E-state index in [1.165, 1.54) is 0 Å². The predicted octanol–water partition coefficient (Wildman–Crippen LogP) is 3.73. The van der Waals surface area contributed by atoms with E-state index in [-0.39, 0.29) is 5.91 Å². The van der Waals surface area contributed by atoms with E-state index in [0.29, 0.717) is 16.3 Å². The van der Waals surface area contributed by atoms with Gasteiger partial charge in [0.25, 0.3) is 5.91 Å². The molecule has 0 aliphatic carbocycles. The summed E-state index contributed by atoms with van der Waals surface area (Å²) in [5, 5.41) is 6.56. The van der Waals surface area contributed by atoms with E-state index in [4.69, 9.17) is 11.6 Å². The molecule has 5 heteroatoms. The first kappa shape index (κ1) is 14.3. The van der Waals surface area contributed by atoms with Crippen LogP contribution in [0.3, 0.4) is 0 Å². The number of aryl methyl sites for hydroxylation is 1. The number of halogens is 1. The van der Waals surface area contributed by atoms with Crippen LogP contribution in [0.4, 0.5) is 11.4 Å². The Hall–Kier alpha value is -2.07. The highest BCUT2D eigenvalue weighted by molar-refractivity contribution is 6.31. The van der Waals surface area contributed by atoms with Crippen molar-refractivity contribution in [3.8, 4) is 0 Å². The van der Waals surface area contributed by atoms with Crippen LogP contribution in [-0.4, -0.2) is 17.4 Å². The molecule has 2 aromatic rings. The monoisotopic (exact) mass is 289 g/mol. The van der Waals surface area contributed by atoms with Crippen LogP contribution in [-0.2, 0) is 0 Å². The van der Waals surface area contributed by atoms with Gasteiger partial charge in [-0.1, -0.05) is 17.7 Å². The summed E-state index contributed by atoms with van der Waals surface area (Å²) < 4.78 is 0. The number of anilines is 2. The van der Waals surface area contributed by atoms with Crippen molar-refractivity contribution in [2.45, 2.75) is 13.8 Å². The molecule has 1 aromatic heterocycles. The van der Waals surface area contributed by atoms with E-state index < -0.39 is 0 Å². The Kier molecular flexibility index (Phi) is 4.58. The Labute approximate surface area is 123 Å². The van der Waals surface area contributed by atoms with Crippen molar-refractivity contribution in [3.63, 3.8) is 0 Å². The van der Waals surface area contributed by atoms with Gasteiger partial charge in [0.2, 0.25) is 0 Å². The quantitative estimate of drug-likeness (QED) is 0.902. The van der Waals surface area contributed by atoms with Crippen LogP contribution in [0.25, 0.3) is 0 Å². The fourth-order valence-electron chi connectivity index (χ4n) is 1.84. The molecule has 0 radical (unpaired) electrons. The standard InChI is InChI=1S/C15H16ClN3O/c1-3-17-14-7-10(2)18-9-13(14)15(20)19-12-6-4-5-11(16)8-12/h4-9H,3H2,1-2H3,(H,17,18)(H,19,20). The highest BCUT2D eigenvalue weighted by Crippen LogP contribution is 2.19. The highest BCUT2D eigenvalue weighted by Gasteiger charge is 2.12. The van der Waals surface area contributed by atoms with E-state index >= 15 is 0 Å². The Morgan fingerprint density at radius 3 is 2.85 bits per heavy atom. The van der Waals surface area contributed by atoms with Crippen molar-refractivity contribution in [2.24, 2.45) is 0 Å². The van der Waals surface area contributed by atoms with E-state index in [1.807, 2.05) is 19.9 Å². The van der Waals surface area contributed by atoms with Crippen LogP contribution < -0.4 is 10.6 Å². The summed E-state index contributed by atoms with van der Waals surface area (Å²) in [6.45, 7) is 4.61. The zero-order valence-electron chi connectivity index (χ0n) is 11.4. The molecule has 1 aromatic carbocycles. The smallest absolute Gasteiger partial charge is 0.259 e. The van der Waals surface area contributed by atoms with Crippen molar-refractivity contribution in [3.05, 3.63) is 52.8 Å². The van der Waals surface area contributed by atoms with Gasteiger partial charge in [-0.2, -0.15) is 0 Å². The zero-order valence-corrected chi connectivity index (χ0v) is 12.2. The van der Waals surface area contributed by atoms with E-state index in [1.54, 1.807) is 30.5 Å². The molecule has 1 amide bonds. The number of hydrogen-bond acceptors (Lipinski definition) is 3. The normalized spacial score (nSPS) is 10.2. The van der Waals surface area contributed by atoms with Crippen LogP contribution in [0.1, 0.15) is 23.0 Å². The number of pyridine rings is 1. The first-order chi connectivity index (χ1) is 9.60. The minimum absolute atomic E-state index is 0.212. The Bertz CT molecular complexity index is 628. The third-order valence-corrected chi connectivity index (χ3v) is 2.97. The summed E-state index contributed by atoms with van der Waals surface area (Å²) in [6, 6.07) is 8.90. The minimum atomic E-state index is -0.212. The second kappa shape index (κ2) is 6.39. The van der Waals surface area contributed by atoms with E-state index in [2.05, 4.69) is 15.6 Å². The van der Waals surface area contributed by atoms with E-state index in [9.17, 15) is 4.79 Å². The Morgan fingerprint density at radius 1 is 1.35 bits per heavy atom. The lowest BCUT2D eigenvalue weighted by atomic mass is 10.2. The van der Waals surface area contributed by atoms with Gasteiger partial charge < -0.3 is 10.6 Å². The van der Waals surface area contributed by atoms with Crippen LogP contribution in [0.2, 0.25) is 5.02 Å². The summed E-state index contributed by atoms with van der Waals surface area (Å²) in [5.74, 6) is -0.212. The van der Waals surface area contributed by atoms with Gasteiger partial charge in [-0.05, 0) is 38.1 Å². The number of rotatable bonds is 4. The Balaban J connectivity index is 2.24. The molecule has 0 spiro atoms. The van der Waals surface area contributed by atoms with Gasteiger partial charge in [0.1, 0.15) is 0 Å². The maximum absolute atomic E-state index is 12.3. The fraction of sp³-hybridized carbons (Fsp3) is 0.200. The largest absolute Gasteiger partial charge is 0.385 e. The SMILES string of the molecule is CCNc1cc(C)ncc1C(=O)Nc1cccc(Cl)c1. The Morgan fingerprint density at radius 2 is 2.15 bits per heavy atom. The third kappa shape index (κ3) is 3.48. The molecule has 20 heavy (non-hydrogen) atoms. The first-order valence-electron chi connectivity index (χ1n) is 6.37. The van der Waals surface area contributed by atoms with Gasteiger partial charge in [0.15, 0.2) is 0 Å². The molecule has 0 aliphatic rings. The maximum atomic E-state index is 12.3. The summed E-state index contributed by atoms with van der Waals surface area (Å²) in [7, 11) is 0. The number of amides is 1. The molecule has 104 valence electrons. The number of carbonyl (C=O) groups excluding carboxylic acids is 1. The van der Waals surface area contributed by atoms with Crippen molar-refractivity contribution in [1.29, 1.82) is 0 Å². The fourth-order valence-corrected chi connectivity index (χ4v) is 2.03. The molecule has 2 rings (SSSR count). The number of carbonyl (C=O) groups is 1. The van der Waals surface area contributed by atoms with E-state index in [0.717, 1.165) is 17.9 Å². The summed E-state index contributed by atoms with van der Waals surface area (Å²) in [5.41, 5.74) is 2.81. The van der Waals surface area contributed by atoms with Gasteiger partial charge in [0.05, 0.1) is 11.3 Å². The van der Waals surface area contributed by atoms with Crippen molar-refractivity contribution < 1.29 is 4.79 Å². The zero-order chi connectivity index (χ0) is 14.5. The molecule has 0 unspecified atom stereocenters. The second-order valence-electron chi connectivity index (χ2n) is 4.37. The van der Waals surface area contributed by atoms with Crippen LogP contribution in [0.5, 0.6) is 0 Å². The van der Waals surface area contributed by atoms with Crippen molar-refractivity contribution in [2.75, 3.05) is 17.2 Å². The summed E-state index contributed by atoms with van der Waals surface area (Å²) in [4.78, 5) is 16.5. The molecular formula is C15H16ClN3O. The van der Waals surface area contributed by atoms with Gasteiger partial charge in [-0.15, -0.1) is 0 Å². The average Bonchev–Trinajstić information content (AvgIpc) is 2.39. The molecule has 0 atom stereocenters. The van der Waals surface area contributed by atoms with Crippen LogP contribution in [0, 0.1) is 6.92 Å². The molecule has 1 heterocycles. The summed E-state index contributed by atoms with van der Waals surface area (Å²) in [6.07, 6.45) is 1.58. The second-order valence-corrected chi connectivity index (χ2v) is 4.80. The van der Waals surface area contributed by atoms with Crippen molar-refractivity contribution >= 4 is 28.9 Å². The van der Waals surface area contributed by atoms with Crippen molar-refractivity contribution in [1.82, 2.24) is 4.98 Å². The maximum Gasteiger partial charge on any atom is 0.259 e. The lowest BCUT2D eigenvalue weighted by Crippen LogP contribution is -2.15. The van der Waals surface area contributed by atoms with Gasteiger partial charge in [-0.3, -0.25) is 9.78 Å².